The molecule has 0 aromatic heterocycles. The van der Waals surface area contributed by atoms with Crippen molar-refractivity contribution in [3.05, 3.63) is 95.5 Å². The second-order valence-electron chi connectivity index (χ2n) is 8.97. The van der Waals surface area contributed by atoms with Crippen LogP contribution in [0.2, 0.25) is 5.02 Å². The monoisotopic (exact) mass is 541 g/mol. The third-order valence-electron chi connectivity index (χ3n) is 5.79. The van der Waals surface area contributed by atoms with E-state index < -0.39 is 28.5 Å². The first kappa shape index (κ1) is 28.2. The first-order valence-electron chi connectivity index (χ1n) is 12.1. The van der Waals surface area contributed by atoms with Crippen LogP contribution in [0.25, 0.3) is 0 Å². The number of halogens is 1. The molecule has 0 fully saturated rings. The number of rotatable bonds is 11. The second kappa shape index (κ2) is 12.7. The number of nitrogens with one attached hydrogen (secondary N) is 1. The number of benzene rings is 3. The number of sulfonamides is 1. The van der Waals surface area contributed by atoms with Gasteiger partial charge in [-0.25, -0.2) is 8.42 Å². The van der Waals surface area contributed by atoms with Crippen molar-refractivity contribution in [3.63, 3.8) is 0 Å². The lowest BCUT2D eigenvalue weighted by Crippen LogP contribution is -2.53. The van der Waals surface area contributed by atoms with E-state index in [-0.39, 0.29) is 29.1 Å². The van der Waals surface area contributed by atoms with Crippen molar-refractivity contribution in [2.45, 2.75) is 44.2 Å². The van der Waals surface area contributed by atoms with Crippen molar-refractivity contribution in [3.8, 4) is 0 Å². The topological polar surface area (TPSA) is 86.8 Å². The van der Waals surface area contributed by atoms with Crippen molar-refractivity contribution >= 4 is 39.1 Å². The minimum absolute atomic E-state index is 0.0456. The average Bonchev–Trinajstić information content (AvgIpc) is 2.88. The normalized spacial score (nSPS) is 12.1. The molecule has 0 aliphatic rings. The van der Waals surface area contributed by atoms with Gasteiger partial charge in [0.1, 0.15) is 12.6 Å². The molecule has 0 heterocycles. The molecule has 196 valence electrons. The minimum Gasteiger partial charge on any atom is -0.352 e. The highest BCUT2D eigenvalue weighted by atomic mass is 35.5. The molecule has 0 saturated heterocycles. The summed E-state index contributed by atoms with van der Waals surface area (Å²) in [4.78, 5) is 28.1. The molecule has 0 spiro atoms. The van der Waals surface area contributed by atoms with Crippen LogP contribution >= 0.6 is 11.6 Å². The second-order valence-corrected chi connectivity index (χ2v) is 11.3. The van der Waals surface area contributed by atoms with Gasteiger partial charge in [0.2, 0.25) is 11.8 Å². The van der Waals surface area contributed by atoms with E-state index in [0.717, 1.165) is 9.87 Å². The van der Waals surface area contributed by atoms with E-state index >= 15 is 0 Å². The van der Waals surface area contributed by atoms with E-state index in [1.54, 1.807) is 43.3 Å². The molecule has 7 nitrogen and oxygen atoms in total. The molecule has 3 aromatic carbocycles. The molecular weight excluding hydrogens is 510 g/mol. The first-order valence-corrected chi connectivity index (χ1v) is 13.9. The Hall–Kier alpha value is -3.36. The highest BCUT2D eigenvalue weighted by molar-refractivity contribution is 7.92. The Morgan fingerprint density at radius 2 is 1.51 bits per heavy atom. The Labute approximate surface area is 224 Å². The van der Waals surface area contributed by atoms with Crippen molar-refractivity contribution in [2.75, 3.05) is 17.4 Å². The molecule has 0 radical (unpaired) electrons. The van der Waals surface area contributed by atoms with Crippen LogP contribution in [0.4, 0.5) is 5.69 Å². The van der Waals surface area contributed by atoms with Gasteiger partial charge in [0.15, 0.2) is 0 Å². The summed E-state index contributed by atoms with van der Waals surface area (Å²) in [6.07, 6.45) is 0.508. The zero-order chi connectivity index (χ0) is 27.0. The summed E-state index contributed by atoms with van der Waals surface area (Å²) in [7, 11) is -4.10. The minimum atomic E-state index is -4.10. The molecule has 9 heteroatoms. The fourth-order valence-electron chi connectivity index (χ4n) is 3.85. The number of nitrogens with zero attached hydrogens (tertiary/aromatic N) is 2. The van der Waals surface area contributed by atoms with Gasteiger partial charge in [-0.15, -0.1) is 0 Å². The van der Waals surface area contributed by atoms with Crippen LogP contribution in [0, 0.1) is 0 Å². The van der Waals surface area contributed by atoms with Crippen LogP contribution in [-0.2, 0) is 26.0 Å². The van der Waals surface area contributed by atoms with Crippen molar-refractivity contribution < 1.29 is 18.0 Å². The summed E-state index contributed by atoms with van der Waals surface area (Å²) in [6, 6.07) is 22.9. The van der Waals surface area contributed by atoms with Crippen LogP contribution < -0.4 is 9.62 Å². The Kier molecular flexibility index (Phi) is 9.72. The van der Waals surface area contributed by atoms with Gasteiger partial charge < -0.3 is 10.2 Å². The molecule has 1 atom stereocenters. The smallest absolute Gasteiger partial charge is 0.264 e. The SMILES string of the molecule is CC(C)NC(=O)[C@@H](C)N(CCc1ccccc1)C(=O)CN(c1cccc(Cl)c1)S(=O)(=O)c1ccccc1. The van der Waals surface area contributed by atoms with Crippen molar-refractivity contribution in [2.24, 2.45) is 0 Å². The third-order valence-corrected chi connectivity index (χ3v) is 7.81. The molecule has 0 bridgehead atoms. The van der Waals surface area contributed by atoms with Gasteiger partial charge in [0.05, 0.1) is 10.6 Å². The van der Waals surface area contributed by atoms with Crippen LogP contribution in [0.15, 0.2) is 89.8 Å². The summed E-state index contributed by atoms with van der Waals surface area (Å²) in [5.74, 6) is -0.807. The Bertz CT molecular complexity index is 1300. The first-order chi connectivity index (χ1) is 17.6. The van der Waals surface area contributed by atoms with E-state index in [0.29, 0.717) is 11.4 Å². The van der Waals surface area contributed by atoms with E-state index in [9.17, 15) is 18.0 Å². The van der Waals surface area contributed by atoms with Gasteiger partial charge in [-0.05, 0) is 63.1 Å². The third kappa shape index (κ3) is 7.57. The lowest BCUT2D eigenvalue weighted by atomic mass is 10.1. The van der Waals surface area contributed by atoms with Gasteiger partial charge in [-0.1, -0.05) is 66.2 Å². The molecule has 0 unspecified atom stereocenters. The Balaban J connectivity index is 1.96. The molecule has 0 aliphatic heterocycles. The van der Waals surface area contributed by atoms with Crippen molar-refractivity contribution in [1.29, 1.82) is 0 Å². The molecule has 3 rings (SSSR count). The fourth-order valence-corrected chi connectivity index (χ4v) is 5.47. The van der Waals surface area contributed by atoms with Gasteiger partial charge in [0, 0.05) is 17.6 Å². The van der Waals surface area contributed by atoms with Crippen LogP contribution in [-0.4, -0.2) is 50.3 Å². The maximum atomic E-state index is 13.7. The predicted molar refractivity (Wildman–Crippen MR) is 147 cm³/mol. The van der Waals surface area contributed by atoms with E-state index in [2.05, 4.69) is 5.32 Å². The number of amides is 2. The lowest BCUT2D eigenvalue weighted by molar-refractivity contribution is -0.139. The molecular formula is C28H32ClN3O4S. The quantitative estimate of drug-likeness (QED) is 0.387. The summed E-state index contributed by atoms with van der Waals surface area (Å²) in [5, 5.41) is 3.18. The van der Waals surface area contributed by atoms with Gasteiger partial charge in [-0.2, -0.15) is 0 Å². The van der Waals surface area contributed by atoms with E-state index in [1.807, 2.05) is 44.2 Å². The predicted octanol–water partition coefficient (Wildman–Crippen LogP) is 4.52. The zero-order valence-electron chi connectivity index (χ0n) is 21.2. The molecule has 3 aromatic rings. The number of hydrogen-bond donors (Lipinski definition) is 1. The number of carbonyl (C=O) groups is 2. The molecule has 2 amide bonds. The van der Waals surface area contributed by atoms with E-state index in [1.165, 1.54) is 23.1 Å². The molecule has 37 heavy (non-hydrogen) atoms. The Morgan fingerprint density at radius 3 is 2.11 bits per heavy atom. The van der Waals surface area contributed by atoms with E-state index in [4.69, 9.17) is 11.6 Å². The van der Waals surface area contributed by atoms with Crippen molar-refractivity contribution in [1.82, 2.24) is 10.2 Å². The largest absolute Gasteiger partial charge is 0.352 e. The zero-order valence-corrected chi connectivity index (χ0v) is 22.7. The maximum Gasteiger partial charge on any atom is 0.264 e. The van der Waals surface area contributed by atoms with Crippen LogP contribution in [0.3, 0.4) is 0 Å². The fraction of sp³-hybridized carbons (Fsp3) is 0.286. The lowest BCUT2D eigenvalue weighted by Gasteiger charge is -2.32. The molecule has 1 N–H and O–H groups in total. The average molecular weight is 542 g/mol. The standard InChI is InChI=1S/C28H32ClN3O4S/c1-21(2)30-28(34)22(3)31(18-17-23-11-6-4-7-12-23)27(33)20-32(25-14-10-13-24(29)19-25)37(35,36)26-15-8-5-9-16-26/h4-16,19,21-22H,17-18,20H2,1-3H3,(H,30,34)/t22-/m1/s1. The summed E-state index contributed by atoms with van der Waals surface area (Å²) >= 11 is 6.17. The van der Waals surface area contributed by atoms with Crippen LogP contribution in [0.1, 0.15) is 26.3 Å². The molecule has 0 aliphatic carbocycles. The maximum absolute atomic E-state index is 13.7. The summed E-state index contributed by atoms with van der Waals surface area (Å²) < 4.78 is 28.4. The number of anilines is 1. The summed E-state index contributed by atoms with van der Waals surface area (Å²) in [5.41, 5.74) is 1.26. The number of hydrogen-bond acceptors (Lipinski definition) is 4. The highest BCUT2D eigenvalue weighted by Gasteiger charge is 2.32. The van der Waals surface area contributed by atoms with Gasteiger partial charge in [0.25, 0.3) is 10.0 Å². The highest BCUT2D eigenvalue weighted by Crippen LogP contribution is 2.26. The van der Waals surface area contributed by atoms with Crippen LogP contribution in [0.5, 0.6) is 0 Å². The molecule has 0 saturated carbocycles. The Morgan fingerprint density at radius 1 is 0.892 bits per heavy atom. The van der Waals surface area contributed by atoms with Gasteiger partial charge in [-0.3, -0.25) is 13.9 Å². The number of carbonyl (C=O) groups excluding carboxylic acids is 2. The van der Waals surface area contributed by atoms with Gasteiger partial charge >= 0.3 is 0 Å². The summed E-state index contributed by atoms with van der Waals surface area (Å²) in [6.45, 7) is 5.08.